The number of benzene rings is 3. The van der Waals surface area contributed by atoms with Crippen LogP contribution in [0.25, 0.3) is 11.1 Å². The van der Waals surface area contributed by atoms with Crippen LogP contribution in [0.1, 0.15) is 11.1 Å². The van der Waals surface area contributed by atoms with Gasteiger partial charge in [-0.05, 0) is 47.5 Å². The second-order valence-corrected chi connectivity index (χ2v) is 7.64. The number of hydrogen-bond acceptors (Lipinski definition) is 7. The summed E-state index contributed by atoms with van der Waals surface area (Å²) < 4.78 is 22.6. The van der Waals surface area contributed by atoms with Crippen LogP contribution in [0.15, 0.2) is 71.1 Å². The lowest BCUT2D eigenvalue weighted by Gasteiger charge is -2.19. The maximum atomic E-state index is 11.8. The minimum atomic E-state index is -0.990. The standard InChI is InChI=1S/C25H22N2O6/c28-24(29)20(27-25-26-19-3-1-2-4-21(19)33-25)13-16-5-8-18(9-6-16)32-15-17-7-10-22-23(14-17)31-12-11-30-22/h1-10,14,20H,11-13,15H2,(H,26,27)(H,28,29)/t20-/m0/s1. The average molecular weight is 446 g/mol. The molecular formula is C25H22N2O6. The van der Waals surface area contributed by atoms with E-state index in [0.717, 1.165) is 22.6 Å². The quantitative estimate of drug-likeness (QED) is 0.413. The van der Waals surface area contributed by atoms with E-state index in [9.17, 15) is 9.90 Å². The smallest absolute Gasteiger partial charge is 0.326 e. The summed E-state index contributed by atoms with van der Waals surface area (Å²) >= 11 is 0. The van der Waals surface area contributed by atoms with E-state index in [1.54, 1.807) is 6.07 Å². The van der Waals surface area contributed by atoms with Gasteiger partial charge in [0.05, 0.1) is 0 Å². The van der Waals surface area contributed by atoms with Crippen LogP contribution >= 0.6 is 0 Å². The first-order chi connectivity index (χ1) is 16.1. The van der Waals surface area contributed by atoms with E-state index in [-0.39, 0.29) is 12.4 Å². The molecule has 2 heterocycles. The summed E-state index contributed by atoms with van der Waals surface area (Å²) in [4.78, 5) is 16.1. The number of aliphatic carboxylic acids is 1. The van der Waals surface area contributed by atoms with Crippen LogP contribution in [0.4, 0.5) is 6.01 Å². The molecule has 0 saturated carbocycles. The van der Waals surface area contributed by atoms with Gasteiger partial charge in [-0.1, -0.05) is 30.3 Å². The van der Waals surface area contributed by atoms with Crippen molar-refractivity contribution in [3.63, 3.8) is 0 Å². The number of carboxylic acid groups (broad SMARTS) is 1. The Morgan fingerprint density at radius 1 is 1.00 bits per heavy atom. The summed E-state index contributed by atoms with van der Waals surface area (Å²) in [6.07, 6.45) is 0.260. The molecule has 8 heteroatoms. The number of rotatable bonds is 8. The van der Waals surface area contributed by atoms with Gasteiger partial charge in [0.2, 0.25) is 0 Å². The molecule has 2 N–H and O–H groups in total. The van der Waals surface area contributed by atoms with Gasteiger partial charge >= 0.3 is 5.97 Å². The number of para-hydroxylation sites is 2. The van der Waals surface area contributed by atoms with Crippen molar-refractivity contribution in [1.82, 2.24) is 4.98 Å². The zero-order chi connectivity index (χ0) is 22.6. The first-order valence-electron chi connectivity index (χ1n) is 10.6. The molecule has 0 spiro atoms. The molecule has 3 aromatic carbocycles. The third kappa shape index (κ3) is 4.85. The predicted molar refractivity (Wildman–Crippen MR) is 121 cm³/mol. The summed E-state index contributed by atoms with van der Waals surface area (Å²) in [5, 5.41) is 12.5. The van der Waals surface area contributed by atoms with Crippen molar-refractivity contribution in [1.29, 1.82) is 0 Å². The van der Waals surface area contributed by atoms with Crippen LogP contribution in [0, 0.1) is 0 Å². The lowest BCUT2D eigenvalue weighted by atomic mass is 10.1. The highest BCUT2D eigenvalue weighted by Crippen LogP contribution is 2.31. The third-order valence-electron chi connectivity index (χ3n) is 5.26. The van der Waals surface area contributed by atoms with Gasteiger partial charge in [-0.15, -0.1) is 0 Å². The minimum absolute atomic E-state index is 0.183. The van der Waals surface area contributed by atoms with Crippen molar-refractivity contribution in [2.45, 2.75) is 19.1 Å². The van der Waals surface area contributed by atoms with Crippen LogP contribution < -0.4 is 19.5 Å². The maximum absolute atomic E-state index is 11.8. The normalized spacial score (nSPS) is 13.5. The molecular weight excluding hydrogens is 424 g/mol. The number of ether oxygens (including phenoxy) is 3. The van der Waals surface area contributed by atoms with E-state index in [0.29, 0.717) is 36.7 Å². The Kier molecular flexibility index (Phi) is 5.72. The lowest BCUT2D eigenvalue weighted by molar-refractivity contribution is -0.137. The van der Waals surface area contributed by atoms with Gasteiger partial charge in [0.1, 0.15) is 37.1 Å². The highest BCUT2D eigenvalue weighted by Gasteiger charge is 2.20. The Hall–Kier alpha value is -4.20. The highest BCUT2D eigenvalue weighted by atomic mass is 16.6. The van der Waals surface area contributed by atoms with Gasteiger partial charge in [-0.3, -0.25) is 0 Å². The third-order valence-corrected chi connectivity index (χ3v) is 5.26. The Morgan fingerprint density at radius 3 is 2.55 bits per heavy atom. The van der Waals surface area contributed by atoms with Crippen LogP contribution in [0.2, 0.25) is 0 Å². The van der Waals surface area contributed by atoms with Crippen molar-refractivity contribution in [2.75, 3.05) is 18.5 Å². The second kappa shape index (κ2) is 9.12. The van der Waals surface area contributed by atoms with Gasteiger partial charge < -0.3 is 29.1 Å². The van der Waals surface area contributed by atoms with E-state index in [1.165, 1.54) is 0 Å². The fourth-order valence-corrected chi connectivity index (χ4v) is 3.58. The number of fused-ring (bicyclic) bond motifs is 2. The fourth-order valence-electron chi connectivity index (χ4n) is 3.58. The molecule has 1 atom stereocenters. The van der Waals surface area contributed by atoms with Crippen LogP contribution in [-0.2, 0) is 17.8 Å². The average Bonchev–Trinajstić information content (AvgIpc) is 3.25. The zero-order valence-electron chi connectivity index (χ0n) is 17.7. The molecule has 1 aromatic heterocycles. The number of carbonyl (C=O) groups is 1. The van der Waals surface area contributed by atoms with Gasteiger partial charge in [0.15, 0.2) is 17.1 Å². The summed E-state index contributed by atoms with van der Waals surface area (Å²) in [6, 6.07) is 19.7. The number of hydrogen-bond donors (Lipinski definition) is 2. The van der Waals surface area contributed by atoms with Crippen molar-refractivity contribution >= 4 is 23.1 Å². The molecule has 1 aliphatic heterocycles. The van der Waals surface area contributed by atoms with Crippen molar-refractivity contribution < 1.29 is 28.5 Å². The molecule has 0 saturated heterocycles. The van der Waals surface area contributed by atoms with Crippen LogP contribution in [-0.4, -0.2) is 35.3 Å². The van der Waals surface area contributed by atoms with Crippen molar-refractivity contribution in [3.8, 4) is 17.2 Å². The van der Waals surface area contributed by atoms with Gasteiger partial charge in [-0.2, -0.15) is 4.98 Å². The van der Waals surface area contributed by atoms with E-state index >= 15 is 0 Å². The van der Waals surface area contributed by atoms with E-state index in [2.05, 4.69) is 10.3 Å². The lowest BCUT2D eigenvalue weighted by Crippen LogP contribution is -2.31. The molecule has 0 unspecified atom stereocenters. The predicted octanol–water partition coefficient (Wildman–Crippen LogP) is 4.29. The number of aromatic nitrogens is 1. The second-order valence-electron chi connectivity index (χ2n) is 7.64. The Labute approximate surface area is 189 Å². The van der Waals surface area contributed by atoms with Crippen LogP contribution in [0.5, 0.6) is 17.2 Å². The van der Waals surface area contributed by atoms with Crippen LogP contribution in [0.3, 0.4) is 0 Å². The SMILES string of the molecule is O=C(O)[C@H](Cc1ccc(OCc2ccc3c(c2)OCCO3)cc1)Nc1nc2ccccc2o1. The largest absolute Gasteiger partial charge is 0.489 e. The summed E-state index contributed by atoms with van der Waals surface area (Å²) in [5.74, 6) is 1.17. The fraction of sp³-hybridized carbons (Fsp3) is 0.200. The molecule has 0 aliphatic carbocycles. The summed E-state index contributed by atoms with van der Waals surface area (Å²) in [5.41, 5.74) is 3.09. The molecule has 168 valence electrons. The Morgan fingerprint density at radius 2 is 1.76 bits per heavy atom. The number of oxazole rings is 1. The summed E-state index contributed by atoms with van der Waals surface area (Å²) in [7, 11) is 0. The maximum Gasteiger partial charge on any atom is 0.326 e. The monoisotopic (exact) mass is 446 g/mol. The number of nitrogens with one attached hydrogen (secondary N) is 1. The molecule has 1 aliphatic rings. The molecule has 5 rings (SSSR count). The van der Waals surface area contributed by atoms with E-state index < -0.39 is 12.0 Å². The van der Waals surface area contributed by atoms with Gasteiger partial charge in [0, 0.05) is 6.42 Å². The minimum Gasteiger partial charge on any atom is -0.489 e. The number of anilines is 1. The van der Waals surface area contributed by atoms with Crippen molar-refractivity contribution in [2.24, 2.45) is 0 Å². The Bertz CT molecular complexity index is 1230. The first-order valence-corrected chi connectivity index (χ1v) is 10.6. The van der Waals surface area contributed by atoms with Crippen molar-refractivity contribution in [3.05, 3.63) is 77.9 Å². The molecule has 8 nitrogen and oxygen atoms in total. The molecule has 33 heavy (non-hydrogen) atoms. The van der Waals surface area contributed by atoms with E-state index in [4.69, 9.17) is 18.6 Å². The van der Waals surface area contributed by atoms with Gasteiger partial charge in [0.25, 0.3) is 6.01 Å². The topological polar surface area (TPSA) is 103 Å². The molecule has 0 radical (unpaired) electrons. The summed E-state index contributed by atoms with van der Waals surface area (Å²) in [6.45, 7) is 1.48. The number of nitrogens with zero attached hydrogens (tertiary/aromatic N) is 1. The molecule has 0 bridgehead atoms. The highest BCUT2D eigenvalue weighted by molar-refractivity contribution is 5.78. The van der Waals surface area contributed by atoms with Gasteiger partial charge in [-0.25, -0.2) is 4.79 Å². The molecule has 0 amide bonds. The zero-order valence-corrected chi connectivity index (χ0v) is 17.7. The Balaban J connectivity index is 1.20. The van der Waals surface area contributed by atoms with E-state index in [1.807, 2.05) is 60.7 Å². The molecule has 0 fully saturated rings. The first kappa shape index (κ1) is 20.7. The molecule has 4 aromatic rings. The number of carboxylic acids is 1.